The molecule has 0 aliphatic heterocycles. The molecule has 24 heavy (non-hydrogen) atoms. The summed E-state index contributed by atoms with van der Waals surface area (Å²) in [6.45, 7) is 6.55. The van der Waals surface area contributed by atoms with Crippen LogP contribution in [0.25, 0.3) is 21.8 Å². The van der Waals surface area contributed by atoms with Gasteiger partial charge in [-0.2, -0.15) is 10.2 Å². The van der Waals surface area contributed by atoms with Crippen molar-refractivity contribution in [2.45, 2.75) is 39.3 Å². The van der Waals surface area contributed by atoms with E-state index < -0.39 is 0 Å². The summed E-state index contributed by atoms with van der Waals surface area (Å²) in [4.78, 5) is 0. The summed E-state index contributed by atoms with van der Waals surface area (Å²) < 4.78 is 4.19. The summed E-state index contributed by atoms with van der Waals surface area (Å²) in [6.07, 6.45) is 3.00. The molecule has 0 aliphatic rings. The predicted octanol–water partition coefficient (Wildman–Crippen LogP) is 4.77. The average molecular weight is 318 g/mol. The summed E-state index contributed by atoms with van der Waals surface area (Å²) in [6, 6.07) is 17.3. The smallest absolute Gasteiger partial charge is 0.0923 e. The minimum absolute atomic E-state index is 0.260. The van der Waals surface area contributed by atoms with Crippen LogP contribution in [0.4, 0.5) is 0 Å². The third kappa shape index (κ3) is 2.48. The molecule has 4 aromatic rings. The fourth-order valence-corrected chi connectivity index (χ4v) is 3.28. The van der Waals surface area contributed by atoms with E-state index in [4.69, 9.17) is 10.2 Å². The lowest BCUT2D eigenvalue weighted by Crippen LogP contribution is -2.10. The molecule has 0 saturated carbocycles. The van der Waals surface area contributed by atoms with Crippen LogP contribution in [0.5, 0.6) is 0 Å². The van der Waals surface area contributed by atoms with Gasteiger partial charge in [-0.1, -0.05) is 36.4 Å². The Bertz CT molecular complexity index is 960. The highest BCUT2D eigenvalue weighted by Gasteiger charge is 2.16. The van der Waals surface area contributed by atoms with Crippen LogP contribution in [0.3, 0.4) is 0 Å². The standard InChI is InChI=1S/C20H22N4/c1-14(2)24-20-11-7-5-9-17(20)19(22-24)12-15(3)23-13-16-8-4-6-10-18(16)21-23/h4-11,13-15H,12H2,1-3H3. The molecule has 0 radical (unpaired) electrons. The van der Waals surface area contributed by atoms with E-state index in [2.05, 4.69) is 78.8 Å². The molecule has 2 heterocycles. The number of benzene rings is 2. The Morgan fingerprint density at radius 3 is 2.46 bits per heavy atom. The molecule has 0 fully saturated rings. The predicted molar refractivity (Wildman–Crippen MR) is 98.3 cm³/mol. The van der Waals surface area contributed by atoms with Crippen molar-refractivity contribution in [3.8, 4) is 0 Å². The van der Waals surface area contributed by atoms with Crippen LogP contribution in [-0.4, -0.2) is 19.6 Å². The van der Waals surface area contributed by atoms with E-state index in [0.717, 1.165) is 17.6 Å². The van der Waals surface area contributed by atoms with Gasteiger partial charge in [0.05, 0.1) is 22.8 Å². The second kappa shape index (κ2) is 5.78. The van der Waals surface area contributed by atoms with Crippen molar-refractivity contribution in [3.05, 3.63) is 60.4 Å². The van der Waals surface area contributed by atoms with Gasteiger partial charge in [-0.3, -0.25) is 9.36 Å². The quantitative estimate of drug-likeness (QED) is 0.543. The molecule has 0 bridgehead atoms. The Morgan fingerprint density at radius 2 is 1.67 bits per heavy atom. The Kier molecular flexibility index (Phi) is 3.60. The number of rotatable bonds is 4. The zero-order valence-corrected chi connectivity index (χ0v) is 14.3. The molecule has 2 aromatic carbocycles. The summed E-state index contributed by atoms with van der Waals surface area (Å²) >= 11 is 0. The number of nitrogens with zero attached hydrogens (tertiary/aromatic N) is 4. The monoisotopic (exact) mass is 318 g/mol. The second-order valence-electron chi connectivity index (χ2n) is 6.72. The van der Waals surface area contributed by atoms with Gasteiger partial charge in [-0.05, 0) is 32.9 Å². The van der Waals surface area contributed by atoms with E-state index in [9.17, 15) is 0 Å². The average Bonchev–Trinajstić information content (AvgIpc) is 3.17. The third-order valence-electron chi connectivity index (χ3n) is 4.55. The first-order valence-electron chi connectivity index (χ1n) is 8.53. The highest BCUT2D eigenvalue weighted by molar-refractivity contribution is 5.82. The van der Waals surface area contributed by atoms with E-state index in [1.165, 1.54) is 16.3 Å². The van der Waals surface area contributed by atoms with Crippen LogP contribution in [-0.2, 0) is 6.42 Å². The van der Waals surface area contributed by atoms with Crippen molar-refractivity contribution in [2.24, 2.45) is 0 Å². The van der Waals surface area contributed by atoms with Gasteiger partial charge < -0.3 is 0 Å². The molecule has 4 heteroatoms. The Labute approximate surface area is 141 Å². The van der Waals surface area contributed by atoms with Crippen LogP contribution in [0.1, 0.15) is 38.5 Å². The lowest BCUT2D eigenvalue weighted by atomic mass is 10.1. The molecule has 2 aromatic heterocycles. The van der Waals surface area contributed by atoms with Crippen molar-refractivity contribution >= 4 is 21.8 Å². The minimum atomic E-state index is 0.260. The molecule has 0 spiro atoms. The lowest BCUT2D eigenvalue weighted by molar-refractivity contribution is 0.478. The van der Waals surface area contributed by atoms with Gasteiger partial charge >= 0.3 is 0 Å². The molecule has 1 atom stereocenters. The van der Waals surface area contributed by atoms with Crippen molar-refractivity contribution in [1.82, 2.24) is 19.6 Å². The first-order chi connectivity index (χ1) is 11.6. The molecule has 0 aliphatic carbocycles. The Morgan fingerprint density at radius 1 is 0.917 bits per heavy atom. The van der Waals surface area contributed by atoms with Crippen molar-refractivity contribution in [1.29, 1.82) is 0 Å². The molecular weight excluding hydrogens is 296 g/mol. The van der Waals surface area contributed by atoms with E-state index in [-0.39, 0.29) is 6.04 Å². The highest BCUT2D eigenvalue weighted by atomic mass is 15.3. The van der Waals surface area contributed by atoms with Crippen LogP contribution < -0.4 is 0 Å². The van der Waals surface area contributed by atoms with Gasteiger partial charge in [0.25, 0.3) is 0 Å². The van der Waals surface area contributed by atoms with Crippen molar-refractivity contribution in [2.75, 3.05) is 0 Å². The van der Waals surface area contributed by atoms with Gasteiger partial charge in [0.2, 0.25) is 0 Å². The van der Waals surface area contributed by atoms with Crippen LogP contribution in [0, 0.1) is 0 Å². The maximum Gasteiger partial charge on any atom is 0.0923 e. The van der Waals surface area contributed by atoms with Gasteiger partial charge in [0, 0.05) is 29.4 Å². The van der Waals surface area contributed by atoms with Crippen molar-refractivity contribution < 1.29 is 0 Å². The van der Waals surface area contributed by atoms with E-state index in [0.29, 0.717) is 6.04 Å². The van der Waals surface area contributed by atoms with E-state index >= 15 is 0 Å². The van der Waals surface area contributed by atoms with Gasteiger partial charge in [-0.25, -0.2) is 0 Å². The zero-order chi connectivity index (χ0) is 16.7. The molecule has 0 N–H and O–H groups in total. The SMILES string of the molecule is CC(Cc1nn(C(C)C)c2ccccc12)n1cc2ccccc2n1. The van der Waals surface area contributed by atoms with Crippen LogP contribution in [0.2, 0.25) is 0 Å². The zero-order valence-electron chi connectivity index (χ0n) is 14.3. The van der Waals surface area contributed by atoms with Gasteiger partial charge in [0.1, 0.15) is 0 Å². The normalized spacial score (nSPS) is 13.2. The number of para-hydroxylation sites is 1. The topological polar surface area (TPSA) is 35.6 Å². The molecule has 0 amide bonds. The van der Waals surface area contributed by atoms with Crippen LogP contribution >= 0.6 is 0 Å². The number of aromatic nitrogens is 4. The molecular formula is C20H22N4. The second-order valence-corrected chi connectivity index (χ2v) is 6.72. The molecule has 4 nitrogen and oxygen atoms in total. The summed E-state index contributed by atoms with van der Waals surface area (Å²) in [7, 11) is 0. The molecule has 4 rings (SSSR count). The lowest BCUT2D eigenvalue weighted by Gasteiger charge is -2.10. The summed E-state index contributed by atoms with van der Waals surface area (Å²) in [5.41, 5.74) is 3.40. The van der Waals surface area contributed by atoms with Crippen molar-refractivity contribution in [3.63, 3.8) is 0 Å². The first kappa shape index (κ1) is 14.9. The van der Waals surface area contributed by atoms with Gasteiger partial charge in [-0.15, -0.1) is 0 Å². The fourth-order valence-electron chi connectivity index (χ4n) is 3.28. The first-order valence-corrected chi connectivity index (χ1v) is 8.53. The maximum atomic E-state index is 4.88. The minimum Gasteiger partial charge on any atom is -0.268 e. The van der Waals surface area contributed by atoms with E-state index in [1.807, 2.05) is 6.07 Å². The van der Waals surface area contributed by atoms with Gasteiger partial charge in [0.15, 0.2) is 0 Å². The molecule has 1 unspecified atom stereocenters. The Balaban J connectivity index is 1.70. The molecule has 122 valence electrons. The maximum absolute atomic E-state index is 4.88. The number of fused-ring (bicyclic) bond motifs is 2. The summed E-state index contributed by atoms with van der Waals surface area (Å²) in [5.74, 6) is 0. The van der Waals surface area contributed by atoms with Crippen LogP contribution in [0.15, 0.2) is 54.7 Å². The number of hydrogen-bond donors (Lipinski definition) is 0. The summed E-state index contributed by atoms with van der Waals surface area (Å²) in [5, 5.41) is 12.0. The third-order valence-corrected chi connectivity index (χ3v) is 4.55. The van der Waals surface area contributed by atoms with E-state index in [1.54, 1.807) is 0 Å². The largest absolute Gasteiger partial charge is 0.268 e. The Hall–Kier alpha value is -2.62. The molecule has 0 saturated heterocycles. The number of hydrogen-bond acceptors (Lipinski definition) is 2. The highest BCUT2D eigenvalue weighted by Crippen LogP contribution is 2.25. The fraction of sp³-hybridized carbons (Fsp3) is 0.300.